The fraction of sp³-hybridized carbons (Fsp3) is 0.200. The zero-order valence-electron chi connectivity index (χ0n) is 10.5. The summed E-state index contributed by atoms with van der Waals surface area (Å²) in [6, 6.07) is 17.5. The Hall–Kier alpha value is -1.84. The molecule has 0 heterocycles. The van der Waals surface area contributed by atoms with E-state index in [1.807, 2.05) is 54.6 Å². The molecule has 0 aliphatic rings. The third kappa shape index (κ3) is 3.87. The Bertz CT molecular complexity index is 486. The predicted octanol–water partition coefficient (Wildman–Crippen LogP) is 2.66. The van der Waals surface area contributed by atoms with E-state index >= 15 is 0 Å². The Morgan fingerprint density at radius 3 is 2.00 bits per heavy atom. The first-order chi connectivity index (χ1) is 8.53. The van der Waals surface area contributed by atoms with Crippen LogP contribution >= 0.6 is 0 Å². The molecule has 2 aromatic carbocycles. The van der Waals surface area contributed by atoms with E-state index in [4.69, 9.17) is 16.2 Å². The minimum atomic E-state index is -0.679. The van der Waals surface area contributed by atoms with Crippen molar-refractivity contribution in [3.8, 4) is 11.5 Å². The minimum Gasteiger partial charge on any atom is -0.457 e. The van der Waals surface area contributed by atoms with Crippen molar-refractivity contribution in [2.45, 2.75) is 19.0 Å². The van der Waals surface area contributed by atoms with Gasteiger partial charge in [-0.1, -0.05) is 30.3 Å². The molecule has 0 fully saturated rings. The predicted molar refractivity (Wildman–Crippen MR) is 73.4 cm³/mol. The molecule has 0 aromatic heterocycles. The standard InChI is InChI=1S/C15H18N2O/c1-15(16,17)11-12-7-9-14(10-8-12)18-13-5-3-2-4-6-13/h2-10H,11,16-17H2,1H3. The van der Waals surface area contributed by atoms with Gasteiger partial charge in [0.1, 0.15) is 11.5 Å². The highest BCUT2D eigenvalue weighted by Crippen LogP contribution is 2.21. The third-order valence-electron chi connectivity index (χ3n) is 2.49. The van der Waals surface area contributed by atoms with Gasteiger partial charge in [0.25, 0.3) is 0 Å². The molecule has 0 saturated heterocycles. The molecule has 3 nitrogen and oxygen atoms in total. The van der Waals surface area contributed by atoms with Gasteiger partial charge in [-0.25, -0.2) is 0 Å². The van der Waals surface area contributed by atoms with Gasteiger partial charge in [-0.3, -0.25) is 0 Å². The molecule has 4 N–H and O–H groups in total. The fourth-order valence-electron chi connectivity index (χ4n) is 1.74. The number of nitrogens with two attached hydrogens (primary N) is 2. The van der Waals surface area contributed by atoms with E-state index in [2.05, 4.69) is 0 Å². The minimum absolute atomic E-state index is 0.638. The molecule has 3 heteroatoms. The molecule has 0 bridgehead atoms. The summed E-state index contributed by atoms with van der Waals surface area (Å²) < 4.78 is 5.70. The number of hydrogen-bond donors (Lipinski definition) is 2. The highest BCUT2D eigenvalue weighted by atomic mass is 16.5. The van der Waals surface area contributed by atoms with Gasteiger partial charge in [0.2, 0.25) is 0 Å². The molecular weight excluding hydrogens is 224 g/mol. The first kappa shape index (κ1) is 12.6. The molecule has 0 amide bonds. The molecule has 0 saturated carbocycles. The van der Waals surface area contributed by atoms with Gasteiger partial charge >= 0.3 is 0 Å². The maximum Gasteiger partial charge on any atom is 0.127 e. The van der Waals surface area contributed by atoms with Crippen LogP contribution in [0.2, 0.25) is 0 Å². The molecular formula is C15H18N2O. The summed E-state index contributed by atoms with van der Waals surface area (Å²) in [5, 5.41) is 0. The van der Waals surface area contributed by atoms with Gasteiger partial charge in [0.05, 0.1) is 5.66 Å². The van der Waals surface area contributed by atoms with Crippen molar-refractivity contribution in [1.82, 2.24) is 0 Å². The van der Waals surface area contributed by atoms with E-state index in [1.165, 1.54) is 0 Å². The number of rotatable bonds is 4. The van der Waals surface area contributed by atoms with Crippen LogP contribution in [-0.2, 0) is 6.42 Å². The SMILES string of the molecule is CC(N)(N)Cc1ccc(Oc2ccccc2)cc1. The van der Waals surface area contributed by atoms with Crippen molar-refractivity contribution in [2.24, 2.45) is 11.5 Å². The lowest BCUT2D eigenvalue weighted by molar-refractivity contribution is 0.477. The van der Waals surface area contributed by atoms with Crippen LogP contribution in [0, 0.1) is 0 Å². The zero-order chi connectivity index (χ0) is 13.0. The first-order valence-electron chi connectivity index (χ1n) is 5.92. The van der Waals surface area contributed by atoms with E-state index in [0.29, 0.717) is 6.42 Å². The van der Waals surface area contributed by atoms with Crippen LogP contribution in [0.5, 0.6) is 11.5 Å². The largest absolute Gasteiger partial charge is 0.457 e. The third-order valence-corrected chi connectivity index (χ3v) is 2.49. The Labute approximate surface area is 107 Å². The first-order valence-corrected chi connectivity index (χ1v) is 5.92. The normalized spacial score (nSPS) is 11.3. The molecule has 18 heavy (non-hydrogen) atoms. The fourth-order valence-corrected chi connectivity index (χ4v) is 1.74. The van der Waals surface area contributed by atoms with Crippen molar-refractivity contribution in [3.63, 3.8) is 0 Å². The van der Waals surface area contributed by atoms with Crippen LogP contribution in [0.25, 0.3) is 0 Å². The van der Waals surface area contributed by atoms with Crippen LogP contribution in [0.15, 0.2) is 54.6 Å². The maximum absolute atomic E-state index is 5.78. The zero-order valence-corrected chi connectivity index (χ0v) is 10.5. The van der Waals surface area contributed by atoms with Crippen LogP contribution in [0.3, 0.4) is 0 Å². The van der Waals surface area contributed by atoms with Crippen molar-refractivity contribution in [2.75, 3.05) is 0 Å². The molecule has 94 valence electrons. The molecule has 2 aromatic rings. The lowest BCUT2D eigenvalue weighted by atomic mass is 10.0. The number of benzene rings is 2. The highest BCUT2D eigenvalue weighted by molar-refractivity contribution is 5.33. The van der Waals surface area contributed by atoms with Crippen LogP contribution in [0.1, 0.15) is 12.5 Å². The van der Waals surface area contributed by atoms with Crippen molar-refractivity contribution >= 4 is 0 Å². The summed E-state index contributed by atoms with van der Waals surface area (Å²) in [6.45, 7) is 1.81. The van der Waals surface area contributed by atoms with E-state index in [1.54, 1.807) is 6.92 Å². The van der Waals surface area contributed by atoms with E-state index < -0.39 is 5.66 Å². The van der Waals surface area contributed by atoms with Crippen LogP contribution in [0.4, 0.5) is 0 Å². The molecule has 0 aliphatic carbocycles. The molecule has 0 atom stereocenters. The lowest BCUT2D eigenvalue weighted by Crippen LogP contribution is -2.47. The average molecular weight is 242 g/mol. The van der Waals surface area contributed by atoms with Gasteiger partial charge in [0.15, 0.2) is 0 Å². The van der Waals surface area contributed by atoms with Gasteiger partial charge in [-0.15, -0.1) is 0 Å². The van der Waals surface area contributed by atoms with E-state index in [-0.39, 0.29) is 0 Å². The molecule has 0 aliphatic heterocycles. The Kier molecular flexibility index (Phi) is 3.65. The molecule has 0 spiro atoms. The summed E-state index contributed by atoms with van der Waals surface area (Å²) in [5.74, 6) is 1.63. The molecule has 0 unspecified atom stereocenters. The van der Waals surface area contributed by atoms with Crippen LogP contribution in [-0.4, -0.2) is 5.66 Å². The Balaban J connectivity index is 2.04. The molecule has 0 radical (unpaired) electrons. The molecule has 2 rings (SSSR count). The van der Waals surface area contributed by atoms with Gasteiger partial charge in [-0.05, 0) is 36.8 Å². The van der Waals surface area contributed by atoms with Crippen molar-refractivity contribution in [3.05, 3.63) is 60.2 Å². The van der Waals surface area contributed by atoms with E-state index in [9.17, 15) is 0 Å². The maximum atomic E-state index is 5.78. The summed E-state index contributed by atoms with van der Waals surface area (Å²) >= 11 is 0. The number of ether oxygens (including phenoxy) is 1. The number of hydrogen-bond acceptors (Lipinski definition) is 3. The Morgan fingerprint density at radius 1 is 0.889 bits per heavy atom. The van der Waals surface area contributed by atoms with Crippen molar-refractivity contribution in [1.29, 1.82) is 0 Å². The smallest absolute Gasteiger partial charge is 0.127 e. The highest BCUT2D eigenvalue weighted by Gasteiger charge is 2.11. The second-order valence-corrected chi connectivity index (χ2v) is 4.74. The summed E-state index contributed by atoms with van der Waals surface area (Å²) in [4.78, 5) is 0. The second kappa shape index (κ2) is 5.21. The van der Waals surface area contributed by atoms with Crippen LogP contribution < -0.4 is 16.2 Å². The average Bonchev–Trinajstić information content (AvgIpc) is 2.31. The van der Waals surface area contributed by atoms with Gasteiger partial charge < -0.3 is 16.2 Å². The summed E-state index contributed by atoms with van der Waals surface area (Å²) in [5.41, 5.74) is 12.0. The second-order valence-electron chi connectivity index (χ2n) is 4.74. The van der Waals surface area contributed by atoms with Gasteiger partial charge in [-0.2, -0.15) is 0 Å². The monoisotopic (exact) mass is 242 g/mol. The number of para-hydroxylation sites is 1. The summed E-state index contributed by atoms with van der Waals surface area (Å²) in [6.07, 6.45) is 0.638. The Morgan fingerprint density at radius 2 is 1.44 bits per heavy atom. The lowest BCUT2D eigenvalue weighted by Gasteiger charge is -2.18. The quantitative estimate of drug-likeness (QED) is 0.810. The van der Waals surface area contributed by atoms with E-state index in [0.717, 1.165) is 17.1 Å². The topological polar surface area (TPSA) is 61.3 Å². The van der Waals surface area contributed by atoms with Crippen molar-refractivity contribution < 1.29 is 4.74 Å². The van der Waals surface area contributed by atoms with Gasteiger partial charge in [0, 0.05) is 6.42 Å². The summed E-state index contributed by atoms with van der Waals surface area (Å²) in [7, 11) is 0.